The quantitative estimate of drug-likeness (QED) is 0.401. The van der Waals surface area contributed by atoms with Crippen LogP contribution in [0.5, 0.6) is 5.75 Å². The fourth-order valence-corrected chi connectivity index (χ4v) is 5.12. The second kappa shape index (κ2) is 8.03. The van der Waals surface area contributed by atoms with Crippen molar-refractivity contribution in [2.75, 3.05) is 12.8 Å². The Balaban J connectivity index is 1.80. The van der Waals surface area contributed by atoms with Gasteiger partial charge in [0.2, 0.25) is 9.84 Å². The van der Waals surface area contributed by atoms with Crippen molar-refractivity contribution in [3.05, 3.63) is 84.4 Å². The van der Waals surface area contributed by atoms with E-state index in [1.54, 1.807) is 49.7 Å². The molecule has 0 amide bonds. The van der Waals surface area contributed by atoms with E-state index in [4.69, 9.17) is 10.5 Å². The molecule has 0 spiro atoms. The number of aromatic nitrogens is 3. The van der Waals surface area contributed by atoms with Crippen LogP contribution in [-0.2, 0) is 9.84 Å². The minimum Gasteiger partial charge on any atom is -0.496 e. The van der Waals surface area contributed by atoms with E-state index in [-0.39, 0.29) is 26.8 Å². The molecule has 0 aliphatic rings. The summed E-state index contributed by atoms with van der Waals surface area (Å²) in [5, 5.41) is 4.47. The maximum Gasteiger partial charge on any atom is 0.212 e. The zero-order valence-corrected chi connectivity index (χ0v) is 18.4. The molecule has 0 aliphatic heterocycles. The van der Waals surface area contributed by atoms with Crippen LogP contribution in [0.4, 0.5) is 5.82 Å². The van der Waals surface area contributed by atoms with E-state index in [1.807, 2.05) is 30.3 Å². The standard InChI is InChI=1S/C24H19N5O3S/c1-32-20-14-8-5-9-16(20)15-26-29-23(25)22(33(30,31)17-10-3-2-4-11-17)21-24(29)28-19-13-7-6-12-18(19)27-21/h2-15H,25H2,1H3. The molecule has 2 heterocycles. The van der Waals surface area contributed by atoms with Gasteiger partial charge in [-0.15, -0.1) is 0 Å². The van der Waals surface area contributed by atoms with E-state index < -0.39 is 9.84 Å². The lowest BCUT2D eigenvalue weighted by molar-refractivity contribution is 0.414. The molecule has 0 atom stereocenters. The Bertz CT molecular complexity index is 1630. The minimum absolute atomic E-state index is 0.0738. The number of nitrogen functional groups attached to an aromatic ring is 1. The highest BCUT2D eigenvalue weighted by atomic mass is 32.2. The maximum atomic E-state index is 13.6. The number of fused-ring (bicyclic) bond motifs is 2. The molecule has 8 nitrogen and oxygen atoms in total. The van der Waals surface area contributed by atoms with Gasteiger partial charge in [0, 0.05) is 5.56 Å². The van der Waals surface area contributed by atoms with Gasteiger partial charge in [0.15, 0.2) is 5.65 Å². The van der Waals surface area contributed by atoms with Gasteiger partial charge in [0.25, 0.3) is 0 Å². The molecule has 0 saturated heterocycles. The second-order valence-corrected chi connectivity index (χ2v) is 9.10. The lowest BCUT2D eigenvalue weighted by Crippen LogP contribution is -2.06. The van der Waals surface area contributed by atoms with Gasteiger partial charge in [-0.1, -0.05) is 42.5 Å². The molecule has 0 radical (unpaired) electrons. The van der Waals surface area contributed by atoms with Crippen molar-refractivity contribution in [1.82, 2.24) is 14.6 Å². The topological polar surface area (TPSA) is 112 Å². The maximum absolute atomic E-state index is 13.6. The molecule has 5 rings (SSSR count). The zero-order valence-electron chi connectivity index (χ0n) is 17.6. The molecule has 2 N–H and O–H groups in total. The van der Waals surface area contributed by atoms with Crippen LogP contribution < -0.4 is 10.5 Å². The highest BCUT2D eigenvalue weighted by Gasteiger charge is 2.30. The molecule has 33 heavy (non-hydrogen) atoms. The van der Waals surface area contributed by atoms with E-state index in [0.29, 0.717) is 22.3 Å². The molecule has 164 valence electrons. The van der Waals surface area contributed by atoms with Gasteiger partial charge in [-0.05, 0) is 36.4 Å². The Morgan fingerprint density at radius 1 is 0.909 bits per heavy atom. The first kappa shape index (κ1) is 20.7. The Morgan fingerprint density at radius 2 is 1.55 bits per heavy atom. The summed E-state index contributed by atoms with van der Waals surface area (Å²) in [6.45, 7) is 0. The van der Waals surface area contributed by atoms with Crippen LogP contribution in [0.25, 0.3) is 22.2 Å². The number of hydrogen-bond donors (Lipinski definition) is 1. The van der Waals surface area contributed by atoms with E-state index in [0.717, 1.165) is 0 Å². The molecule has 0 unspecified atom stereocenters. The first-order valence-corrected chi connectivity index (χ1v) is 11.5. The summed E-state index contributed by atoms with van der Waals surface area (Å²) in [6.07, 6.45) is 1.55. The fourth-order valence-electron chi connectivity index (χ4n) is 3.61. The number of sulfone groups is 1. The van der Waals surface area contributed by atoms with Crippen molar-refractivity contribution in [3.8, 4) is 5.75 Å². The van der Waals surface area contributed by atoms with Crippen molar-refractivity contribution in [3.63, 3.8) is 0 Å². The SMILES string of the molecule is COc1ccccc1C=Nn1c(N)c(S(=O)(=O)c2ccccc2)c2nc3ccccc3nc21. The third-order valence-corrected chi connectivity index (χ3v) is 7.03. The van der Waals surface area contributed by atoms with Crippen LogP contribution in [0.2, 0.25) is 0 Å². The van der Waals surface area contributed by atoms with Gasteiger partial charge in [-0.25, -0.2) is 18.4 Å². The van der Waals surface area contributed by atoms with Crippen molar-refractivity contribution in [2.45, 2.75) is 9.79 Å². The van der Waals surface area contributed by atoms with Crippen molar-refractivity contribution >= 4 is 44.1 Å². The van der Waals surface area contributed by atoms with E-state index >= 15 is 0 Å². The first-order chi connectivity index (χ1) is 16.0. The molecule has 0 fully saturated rings. The lowest BCUT2D eigenvalue weighted by Gasteiger charge is -2.05. The van der Waals surface area contributed by atoms with E-state index in [2.05, 4.69) is 15.1 Å². The number of hydrogen-bond acceptors (Lipinski definition) is 7. The summed E-state index contributed by atoms with van der Waals surface area (Å²) in [7, 11) is -2.42. The molecule has 0 saturated carbocycles. The predicted molar refractivity (Wildman–Crippen MR) is 127 cm³/mol. The van der Waals surface area contributed by atoms with Crippen LogP contribution >= 0.6 is 0 Å². The number of benzene rings is 3. The molecule has 5 aromatic rings. The monoisotopic (exact) mass is 457 g/mol. The fraction of sp³-hybridized carbons (Fsp3) is 0.0417. The van der Waals surface area contributed by atoms with Crippen LogP contribution in [0.15, 0.2) is 93.8 Å². The van der Waals surface area contributed by atoms with Gasteiger partial charge in [-0.2, -0.15) is 9.78 Å². The van der Waals surface area contributed by atoms with E-state index in [9.17, 15) is 8.42 Å². The summed E-state index contributed by atoms with van der Waals surface area (Å²) in [5.74, 6) is 0.542. The van der Waals surface area contributed by atoms with Crippen LogP contribution in [0.1, 0.15) is 5.56 Å². The molecular weight excluding hydrogens is 438 g/mol. The summed E-state index contributed by atoms with van der Waals surface area (Å²) in [6, 6.07) is 22.6. The first-order valence-electron chi connectivity index (χ1n) is 10.0. The Hall–Kier alpha value is -4.24. The van der Waals surface area contributed by atoms with Gasteiger partial charge in [0.1, 0.15) is 22.0 Å². The number of para-hydroxylation sites is 3. The van der Waals surface area contributed by atoms with Crippen molar-refractivity contribution in [1.29, 1.82) is 0 Å². The second-order valence-electron chi connectivity index (χ2n) is 7.21. The Morgan fingerprint density at radius 3 is 2.27 bits per heavy atom. The summed E-state index contributed by atoms with van der Waals surface area (Å²) in [4.78, 5) is 9.22. The van der Waals surface area contributed by atoms with Gasteiger partial charge < -0.3 is 10.5 Å². The van der Waals surface area contributed by atoms with Crippen LogP contribution in [-0.4, -0.2) is 36.4 Å². The molecule has 0 bridgehead atoms. The summed E-state index contributed by atoms with van der Waals surface area (Å²) < 4.78 is 33.8. The number of anilines is 1. The van der Waals surface area contributed by atoms with Crippen LogP contribution in [0, 0.1) is 0 Å². The minimum atomic E-state index is -3.99. The van der Waals surface area contributed by atoms with E-state index in [1.165, 1.54) is 16.8 Å². The van der Waals surface area contributed by atoms with Crippen molar-refractivity contribution in [2.24, 2.45) is 5.10 Å². The Kier molecular flexibility index (Phi) is 5.02. The predicted octanol–water partition coefficient (Wildman–Crippen LogP) is 3.89. The zero-order chi connectivity index (χ0) is 23.0. The highest BCUT2D eigenvalue weighted by molar-refractivity contribution is 7.92. The molecule has 0 aliphatic carbocycles. The average molecular weight is 458 g/mol. The summed E-state index contributed by atoms with van der Waals surface area (Å²) in [5.41, 5.74) is 8.65. The van der Waals surface area contributed by atoms with Crippen LogP contribution in [0.3, 0.4) is 0 Å². The third-order valence-electron chi connectivity index (χ3n) is 5.20. The smallest absolute Gasteiger partial charge is 0.212 e. The molecular formula is C24H19N5O3S. The van der Waals surface area contributed by atoms with Gasteiger partial charge in [-0.3, -0.25) is 0 Å². The largest absolute Gasteiger partial charge is 0.496 e. The number of ether oxygens (including phenoxy) is 1. The highest BCUT2D eigenvalue weighted by Crippen LogP contribution is 2.35. The normalized spacial score (nSPS) is 12.0. The molecule has 9 heteroatoms. The van der Waals surface area contributed by atoms with Gasteiger partial charge >= 0.3 is 0 Å². The molecule has 2 aromatic heterocycles. The summed E-state index contributed by atoms with van der Waals surface area (Å²) >= 11 is 0. The average Bonchev–Trinajstić information content (AvgIpc) is 3.12. The van der Waals surface area contributed by atoms with Gasteiger partial charge in [0.05, 0.1) is 29.3 Å². The number of methoxy groups -OCH3 is 1. The van der Waals surface area contributed by atoms with Crippen molar-refractivity contribution < 1.29 is 13.2 Å². The third kappa shape index (κ3) is 3.48. The Labute approximate surface area is 189 Å². The molecule has 3 aromatic carbocycles. The number of nitrogens with zero attached hydrogens (tertiary/aromatic N) is 4. The lowest BCUT2D eigenvalue weighted by atomic mass is 10.2. The number of nitrogens with two attached hydrogens (primary N) is 1. The number of rotatable bonds is 5.